The van der Waals surface area contributed by atoms with Gasteiger partial charge in [-0.25, -0.2) is 8.78 Å². The normalized spacial score (nSPS) is 20.3. The molecule has 5 heteroatoms. The van der Waals surface area contributed by atoms with Crippen LogP contribution in [-0.2, 0) is 11.3 Å². The van der Waals surface area contributed by atoms with Gasteiger partial charge in [0.25, 0.3) is 0 Å². The number of carbonyl (C=O) groups is 1. The second-order valence-electron chi connectivity index (χ2n) is 4.67. The maximum absolute atomic E-state index is 13.0. The van der Waals surface area contributed by atoms with Crippen molar-refractivity contribution in [1.82, 2.24) is 10.2 Å². The van der Waals surface area contributed by atoms with Gasteiger partial charge in [-0.2, -0.15) is 0 Å². The molecule has 0 aromatic heterocycles. The summed E-state index contributed by atoms with van der Waals surface area (Å²) >= 11 is 0. The Morgan fingerprint density at radius 1 is 1.33 bits per heavy atom. The lowest BCUT2D eigenvalue weighted by molar-refractivity contribution is -0.132. The van der Waals surface area contributed by atoms with Gasteiger partial charge < -0.3 is 10.2 Å². The van der Waals surface area contributed by atoms with Crippen molar-refractivity contribution < 1.29 is 13.6 Å². The number of nitrogens with zero attached hydrogens (tertiary/aromatic N) is 1. The first-order valence-electron chi connectivity index (χ1n) is 5.97. The van der Waals surface area contributed by atoms with Gasteiger partial charge in [0.1, 0.15) is 11.6 Å². The van der Waals surface area contributed by atoms with E-state index in [2.05, 4.69) is 5.32 Å². The summed E-state index contributed by atoms with van der Waals surface area (Å²) in [6.07, 6.45) is 1.28. The van der Waals surface area contributed by atoms with E-state index in [0.29, 0.717) is 25.1 Å². The molecule has 1 aromatic carbocycles. The monoisotopic (exact) mass is 254 g/mol. The first kappa shape index (κ1) is 13.0. The molecule has 1 heterocycles. The van der Waals surface area contributed by atoms with Crippen LogP contribution in [0.2, 0.25) is 0 Å². The summed E-state index contributed by atoms with van der Waals surface area (Å²) in [7, 11) is 1.76. The molecule has 1 aliphatic rings. The number of piperidine rings is 1. The zero-order valence-electron chi connectivity index (χ0n) is 10.2. The number of likely N-dealkylation sites (tertiary alicyclic amines) is 1. The van der Waals surface area contributed by atoms with Crippen LogP contribution >= 0.6 is 0 Å². The van der Waals surface area contributed by atoms with Crippen LogP contribution < -0.4 is 5.32 Å². The van der Waals surface area contributed by atoms with E-state index in [9.17, 15) is 13.6 Å². The van der Waals surface area contributed by atoms with Crippen molar-refractivity contribution in [3.05, 3.63) is 35.4 Å². The van der Waals surface area contributed by atoms with E-state index < -0.39 is 11.6 Å². The maximum Gasteiger partial charge on any atom is 0.222 e. The number of halogens is 2. The predicted molar refractivity (Wildman–Crippen MR) is 63.9 cm³/mol. The third-order valence-electron chi connectivity index (χ3n) is 3.14. The Bertz CT molecular complexity index is 430. The highest BCUT2D eigenvalue weighted by atomic mass is 19.1. The molecule has 0 radical (unpaired) electrons. The smallest absolute Gasteiger partial charge is 0.222 e. The van der Waals surface area contributed by atoms with Crippen molar-refractivity contribution in [3.63, 3.8) is 0 Å². The standard InChI is InChI=1S/C13H16F2N2O/c1-17-8-12(2-3-13(17)18)16-7-9-4-10(14)6-11(15)5-9/h4-6,12,16H,2-3,7-8H2,1H3. The predicted octanol–water partition coefficient (Wildman–Crippen LogP) is 1.68. The quantitative estimate of drug-likeness (QED) is 0.890. The van der Waals surface area contributed by atoms with Crippen LogP contribution in [0.15, 0.2) is 18.2 Å². The van der Waals surface area contributed by atoms with E-state index >= 15 is 0 Å². The molecule has 1 fully saturated rings. The minimum absolute atomic E-state index is 0.143. The molecule has 1 amide bonds. The van der Waals surface area contributed by atoms with Gasteiger partial charge in [0, 0.05) is 38.7 Å². The summed E-state index contributed by atoms with van der Waals surface area (Å²) < 4.78 is 26.0. The number of carbonyl (C=O) groups excluding carboxylic acids is 1. The number of hydrogen-bond acceptors (Lipinski definition) is 2. The van der Waals surface area contributed by atoms with Gasteiger partial charge in [-0.15, -0.1) is 0 Å². The van der Waals surface area contributed by atoms with E-state index in [1.165, 1.54) is 12.1 Å². The van der Waals surface area contributed by atoms with Gasteiger partial charge in [0.15, 0.2) is 0 Å². The molecular formula is C13H16F2N2O. The van der Waals surface area contributed by atoms with Crippen molar-refractivity contribution in [2.24, 2.45) is 0 Å². The van der Waals surface area contributed by atoms with Crippen LogP contribution in [0.3, 0.4) is 0 Å². The van der Waals surface area contributed by atoms with Crippen molar-refractivity contribution in [2.45, 2.75) is 25.4 Å². The number of nitrogens with one attached hydrogen (secondary N) is 1. The van der Waals surface area contributed by atoms with Gasteiger partial charge >= 0.3 is 0 Å². The van der Waals surface area contributed by atoms with E-state index in [-0.39, 0.29) is 11.9 Å². The molecule has 1 unspecified atom stereocenters. The minimum Gasteiger partial charge on any atom is -0.344 e. The summed E-state index contributed by atoms with van der Waals surface area (Å²) in [4.78, 5) is 13.0. The summed E-state index contributed by atoms with van der Waals surface area (Å²) in [5.41, 5.74) is 0.576. The second kappa shape index (κ2) is 5.44. The summed E-state index contributed by atoms with van der Waals surface area (Å²) in [5.74, 6) is -0.990. The van der Waals surface area contributed by atoms with E-state index in [1.54, 1.807) is 11.9 Å². The Hall–Kier alpha value is -1.49. The fourth-order valence-electron chi connectivity index (χ4n) is 2.15. The SMILES string of the molecule is CN1CC(NCc2cc(F)cc(F)c2)CCC1=O. The largest absolute Gasteiger partial charge is 0.344 e. The van der Waals surface area contributed by atoms with Crippen LogP contribution in [0.25, 0.3) is 0 Å². The number of amides is 1. The van der Waals surface area contributed by atoms with Crippen LogP contribution in [0.1, 0.15) is 18.4 Å². The van der Waals surface area contributed by atoms with Crippen LogP contribution in [0.5, 0.6) is 0 Å². The van der Waals surface area contributed by atoms with Crippen molar-refractivity contribution in [2.75, 3.05) is 13.6 Å². The van der Waals surface area contributed by atoms with E-state index in [1.807, 2.05) is 0 Å². The fraction of sp³-hybridized carbons (Fsp3) is 0.462. The van der Waals surface area contributed by atoms with Crippen molar-refractivity contribution in [3.8, 4) is 0 Å². The summed E-state index contributed by atoms with van der Waals surface area (Å²) in [6, 6.07) is 3.66. The van der Waals surface area contributed by atoms with E-state index in [4.69, 9.17) is 0 Å². The molecule has 0 saturated carbocycles. The average molecular weight is 254 g/mol. The molecule has 0 aliphatic carbocycles. The number of likely N-dealkylation sites (N-methyl/N-ethyl adjacent to an activating group) is 1. The first-order chi connectivity index (χ1) is 8.54. The molecule has 98 valence electrons. The Morgan fingerprint density at radius 3 is 2.61 bits per heavy atom. The Labute approximate surface area is 105 Å². The van der Waals surface area contributed by atoms with Crippen LogP contribution in [0.4, 0.5) is 8.78 Å². The number of benzene rings is 1. The van der Waals surface area contributed by atoms with Crippen LogP contribution in [0, 0.1) is 11.6 Å². The van der Waals surface area contributed by atoms with E-state index in [0.717, 1.165) is 12.5 Å². The van der Waals surface area contributed by atoms with Gasteiger partial charge in [-0.1, -0.05) is 0 Å². The lowest BCUT2D eigenvalue weighted by Gasteiger charge is -2.30. The lowest BCUT2D eigenvalue weighted by Crippen LogP contribution is -2.46. The average Bonchev–Trinajstić information content (AvgIpc) is 2.29. The third-order valence-corrected chi connectivity index (χ3v) is 3.14. The Balaban J connectivity index is 1.89. The lowest BCUT2D eigenvalue weighted by atomic mass is 10.1. The fourth-order valence-corrected chi connectivity index (χ4v) is 2.15. The molecule has 0 bridgehead atoms. The molecule has 1 atom stereocenters. The second-order valence-corrected chi connectivity index (χ2v) is 4.67. The highest BCUT2D eigenvalue weighted by molar-refractivity contribution is 5.76. The molecule has 3 nitrogen and oxygen atoms in total. The molecule has 18 heavy (non-hydrogen) atoms. The Morgan fingerprint density at radius 2 is 2.00 bits per heavy atom. The number of rotatable bonds is 3. The zero-order chi connectivity index (χ0) is 13.1. The summed E-state index contributed by atoms with van der Waals surface area (Å²) in [6.45, 7) is 1.04. The molecule has 1 aliphatic heterocycles. The van der Waals surface area contributed by atoms with Gasteiger partial charge in [0.05, 0.1) is 0 Å². The molecular weight excluding hydrogens is 238 g/mol. The van der Waals surface area contributed by atoms with Gasteiger partial charge in [-0.3, -0.25) is 4.79 Å². The molecule has 1 N–H and O–H groups in total. The van der Waals surface area contributed by atoms with Crippen molar-refractivity contribution >= 4 is 5.91 Å². The molecule has 1 saturated heterocycles. The topological polar surface area (TPSA) is 32.3 Å². The zero-order valence-corrected chi connectivity index (χ0v) is 10.2. The first-order valence-corrected chi connectivity index (χ1v) is 5.97. The number of hydrogen-bond donors (Lipinski definition) is 1. The van der Waals surface area contributed by atoms with Crippen LogP contribution in [-0.4, -0.2) is 30.4 Å². The van der Waals surface area contributed by atoms with Gasteiger partial charge in [-0.05, 0) is 24.1 Å². The van der Waals surface area contributed by atoms with Gasteiger partial charge in [0.2, 0.25) is 5.91 Å². The molecule has 0 spiro atoms. The Kier molecular flexibility index (Phi) is 3.91. The third kappa shape index (κ3) is 3.26. The maximum atomic E-state index is 13.0. The minimum atomic E-state index is -0.567. The van der Waals surface area contributed by atoms with Crippen molar-refractivity contribution in [1.29, 1.82) is 0 Å². The molecule has 1 aromatic rings. The summed E-state index contributed by atoms with van der Waals surface area (Å²) in [5, 5.41) is 3.22. The highest BCUT2D eigenvalue weighted by Gasteiger charge is 2.22. The highest BCUT2D eigenvalue weighted by Crippen LogP contribution is 2.12. The molecule has 2 rings (SSSR count).